The van der Waals surface area contributed by atoms with Crippen molar-refractivity contribution in [2.24, 2.45) is 0 Å². The number of amides is 1. The van der Waals surface area contributed by atoms with Crippen LogP contribution in [0.2, 0.25) is 15.1 Å². The van der Waals surface area contributed by atoms with E-state index in [2.05, 4.69) is 5.32 Å². The van der Waals surface area contributed by atoms with E-state index in [0.29, 0.717) is 34.6 Å². The van der Waals surface area contributed by atoms with Gasteiger partial charge in [-0.05, 0) is 78.8 Å². The monoisotopic (exact) mass is 597 g/mol. The summed E-state index contributed by atoms with van der Waals surface area (Å²) >= 11 is 18.7. The van der Waals surface area contributed by atoms with Crippen molar-refractivity contribution in [2.75, 3.05) is 6.26 Å². The minimum atomic E-state index is -3.41. The topological polar surface area (TPSA) is 121 Å². The van der Waals surface area contributed by atoms with Crippen molar-refractivity contribution in [1.29, 1.82) is 0 Å². The average molecular weight is 599 g/mol. The maximum Gasteiger partial charge on any atom is 0.326 e. The Labute approximate surface area is 236 Å². The van der Waals surface area contributed by atoms with Crippen LogP contribution in [0.15, 0.2) is 65.6 Å². The summed E-state index contributed by atoms with van der Waals surface area (Å²) in [6, 6.07) is 15.0. The number of hydrogen-bond acceptors (Lipinski definition) is 5. The number of aliphatic hydroxyl groups excluding tert-OH is 1. The average Bonchev–Trinajstić information content (AvgIpc) is 2.84. The van der Waals surface area contributed by atoms with Crippen molar-refractivity contribution in [3.8, 4) is 0 Å². The Morgan fingerprint density at radius 3 is 2.13 bits per heavy atom. The van der Waals surface area contributed by atoms with E-state index in [0.717, 1.165) is 6.26 Å². The van der Waals surface area contributed by atoms with Crippen LogP contribution in [-0.4, -0.2) is 42.8 Å². The van der Waals surface area contributed by atoms with Gasteiger partial charge in [0.1, 0.15) is 6.04 Å². The summed E-state index contributed by atoms with van der Waals surface area (Å²) in [7, 11) is -3.41. The number of rotatable bonds is 11. The maximum atomic E-state index is 12.9. The molecular formula is C27H26Cl3NO6S. The van der Waals surface area contributed by atoms with Crippen molar-refractivity contribution < 1.29 is 28.2 Å². The molecule has 3 rings (SSSR count). The summed E-state index contributed by atoms with van der Waals surface area (Å²) in [5.74, 6) is -2.00. The molecule has 0 heterocycles. The lowest BCUT2D eigenvalue weighted by Gasteiger charge is -2.17. The Balaban J connectivity index is 1.67. The molecular weight excluding hydrogens is 573 g/mol. The molecule has 0 aromatic heterocycles. The number of benzene rings is 3. The van der Waals surface area contributed by atoms with Gasteiger partial charge in [-0.15, -0.1) is 0 Å². The number of carbonyl (C=O) groups excluding carboxylic acids is 1. The van der Waals surface area contributed by atoms with E-state index in [1.165, 1.54) is 12.1 Å². The van der Waals surface area contributed by atoms with Crippen LogP contribution in [0, 0.1) is 0 Å². The van der Waals surface area contributed by atoms with E-state index in [9.17, 15) is 28.2 Å². The van der Waals surface area contributed by atoms with Crippen molar-refractivity contribution in [1.82, 2.24) is 5.32 Å². The fourth-order valence-electron chi connectivity index (χ4n) is 3.90. The van der Waals surface area contributed by atoms with Gasteiger partial charge in [0.05, 0.1) is 26.6 Å². The van der Waals surface area contributed by atoms with E-state index in [1.807, 2.05) is 0 Å². The summed E-state index contributed by atoms with van der Waals surface area (Å²) in [5, 5.41) is 23.2. The fraction of sp³-hybridized carbons (Fsp3) is 0.259. The number of sulfone groups is 1. The second-order valence-corrected chi connectivity index (χ2v) is 12.1. The Hall–Kier alpha value is -2.62. The largest absolute Gasteiger partial charge is 0.480 e. The molecule has 1 unspecified atom stereocenters. The van der Waals surface area contributed by atoms with Gasteiger partial charge >= 0.3 is 5.97 Å². The van der Waals surface area contributed by atoms with Crippen LogP contribution in [0.1, 0.15) is 46.0 Å². The summed E-state index contributed by atoms with van der Waals surface area (Å²) in [4.78, 5) is 24.9. The SMILES string of the molecule is CS(=O)(=O)c1cccc(CC[C@H](NC(=O)c2c(Cl)cc(CCC(O)c3cccc(Cl)c3)cc2Cl)C(=O)O)c1. The predicted octanol–water partition coefficient (Wildman–Crippen LogP) is 5.53. The van der Waals surface area contributed by atoms with Gasteiger partial charge in [0.25, 0.3) is 5.91 Å². The number of hydrogen-bond donors (Lipinski definition) is 3. The standard InChI is InChI=1S/C27H26Cl3NO6S/c1-38(36,37)20-7-2-4-16(12-20)8-10-23(27(34)35)31-26(33)25-21(29)13-17(14-22(25)30)9-11-24(32)18-5-3-6-19(28)15-18/h2-7,12-15,23-24,32H,8-11H2,1H3,(H,31,33)(H,34,35)/t23-,24?/m0/s1. The second kappa shape index (κ2) is 13.0. The predicted molar refractivity (Wildman–Crippen MR) is 148 cm³/mol. The molecule has 0 radical (unpaired) electrons. The minimum absolute atomic E-state index is 0.0169. The van der Waals surface area contributed by atoms with Crippen molar-refractivity contribution >= 4 is 56.5 Å². The molecule has 38 heavy (non-hydrogen) atoms. The quantitative estimate of drug-likeness (QED) is 0.267. The van der Waals surface area contributed by atoms with Crippen LogP contribution in [-0.2, 0) is 27.5 Å². The zero-order valence-corrected chi connectivity index (χ0v) is 23.4. The smallest absolute Gasteiger partial charge is 0.326 e. The van der Waals surface area contributed by atoms with Crippen molar-refractivity contribution in [3.05, 3.63) is 98.0 Å². The van der Waals surface area contributed by atoms with Gasteiger partial charge in [-0.2, -0.15) is 0 Å². The first-order valence-electron chi connectivity index (χ1n) is 11.6. The Morgan fingerprint density at radius 2 is 1.53 bits per heavy atom. The molecule has 0 aliphatic heterocycles. The highest BCUT2D eigenvalue weighted by atomic mass is 35.5. The molecule has 0 spiro atoms. The fourth-order valence-corrected chi connectivity index (χ4v) is 5.50. The lowest BCUT2D eigenvalue weighted by molar-refractivity contribution is -0.139. The van der Waals surface area contributed by atoms with E-state index in [1.54, 1.807) is 48.5 Å². The van der Waals surface area contributed by atoms with Crippen LogP contribution in [0.3, 0.4) is 0 Å². The lowest BCUT2D eigenvalue weighted by atomic mass is 10.00. The maximum absolute atomic E-state index is 12.9. The number of aryl methyl sites for hydroxylation is 2. The highest BCUT2D eigenvalue weighted by molar-refractivity contribution is 7.90. The lowest BCUT2D eigenvalue weighted by Crippen LogP contribution is -2.41. The van der Waals surface area contributed by atoms with E-state index >= 15 is 0 Å². The molecule has 0 saturated heterocycles. The molecule has 7 nitrogen and oxygen atoms in total. The van der Waals surface area contributed by atoms with Gasteiger partial charge in [0.15, 0.2) is 9.84 Å². The van der Waals surface area contributed by atoms with E-state index in [-0.39, 0.29) is 33.3 Å². The zero-order valence-electron chi connectivity index (χ0n) is 20.3. The third-order valence-corrected chi connectivity index (χ3v) is 7.86. The highest BCUT2D eigenvalue weighted by Gasteiger charge is 2.24. The zero-order chi connectivity index (χ0) is 28.0. The molecule has 1 amide bonds. The van der Waals surface area contributed by atoms with Crippen LogP contribution >= 0.6 is 34.8 Å². The number of aliphatic hydroxyl groups is 1. The van der Waals surface area contributed by atoms with Crippen LogP contribution < -0.4 is 5.32 Å². The third kappa shape index (κ3) is 8.19. The van der Waals surface area contributed by atoms with Crippen LogP contribution in [0.25, 0.3) is 0 Å². The summed E-state index contributed by atoms with van der Waals surface area (Å²) < 4.78 is 23.6. The Kier molecular flexibility index (Phi) is 10.2. The van der Waals surface area contributed by atoms with Gasteiger partial charge in [-0.1, -0.05) is 59.1 Å². The molecule has 2 atom stereocenters. The number of nitrogens with one attached hydrogen (secondary N) is 1. The molecule has 11 heteroatoms. The summed E-state index contributed by atoms with van der Waals surface area (Å²) in [5.41, 5.74) is 1.93. The van der Waals surface area contributed by atoms with Gasteiger partial charge in [-0.25, -0.2) is 13.2 Å². The Bertz CT molecular complexity index is 1420. The molecule has 3 N–H and O–H groups in total. The first kappa shape index (κ1) is 29.9. The van der Waals surface area contributed by atoms with Crippen LogP contribution in [0.4, 0.5) is 0 Å². The number of carboxylic acid groups (broad SMARTS) is 1. The normalized spacial score (nSPS) is 13.1. The second-order valence-electron chi connectivity index (χ2n) is 8.87. The first-order valence-corrected chi connectivity index (χ1v) is 14.6. The molecule has 0 saturated carbocycles. The number of carboxylic acids is 1. The van der Waals surface area contributed by atoms with Crippen molar-refractivity contribution in [2.45, 2.75) is 42.7 Å². The molecule has 3 aromatic rings. The summed E-state index contributed by atoms with van der Waals surface area (Å²) in [6.07, 6.45) is 1.34. The first-order chi connectivity index (χ1) is 17.8. The van der Waals surface area contributed by atoms with E-state index in [4.69, 9.17) is 34.8 Å². The van der Waals surface area contributed by atoms with Gasteiger partial charge < -0.3 is 15.5 Å². The number of carbonyl (C=O) groups is 2. The van der Waals surface area contributed by atoms with Crippen molar-refractivity contribution in [3.63, 3.8) is 0 Å². The highest BCUT2D eigenvalue weighted by Crippen LogP contribution is 2.29. The molecule has 0 fully saturated rings. The molecule has 0 bridgehead atoms. The molecule has 3 aromatic carbocycles. The number of halogens is 3. The van der Waals surface area contributed by atoms with Gasteiger partial charge in [0, 0.05) is 11.3 Å². The molecule has 202 valence electrons. The van der Waals surface area contributed by atoms with E-state index < -0.39 is 33.9 Å². The van der Waals surface area contributed by atoms with Gasteiger partial charge in [0.2, 0.25) is 0 Å². The molecule has 0 aliphatic rings. The molecule has 0 aliphatic carbocycles. The Morgan fingerprint density at radius 1 is 0.895 bits per heavy atom. The third-order valence-electron chi connectivity index (χ3n) is 5.92. The van der Waals surface area contributed by atoms with Crippen LogP contribution in [0.5, 0.6) is 0 Å². The van der Waals surface area contributed by atoms with Gasteiger partial charge in [-0.3, -0.25) is 4.79 Å². The summed E-state index contributed by atoms with van der Waals surface area (Å²) in [6.45, 7) is 0. The number of aliphatic carboxylic acids is 1. The minimum Gasteiger partial charge on any atom is -0.480 e.